The monoisotopic (exact) mass is 382 g/mol. The molecule has 0 radical (unpaired) electrons. The normalized spacial score (nSPS) is 17.9. The van der Waals surface area contributed by atoms with Crippen LogP contribution in [0.25, 0.3) is 12.2 Å². The largest absolute Gasteiger partial charge is 0.502 e. The van der Waals surface area contributed by atoms with E-state index in [0.29, 0.717) is 22.6 Å². The number of aromatic hydroxyl groups is 1. The average Bonchev–Trinajstić information content (AvgIpc) is 3.30. The van der Waals surface area contributed by atoms with Crippen LogP contribution in [0.15, 0.2) is 41.5 Å². The van der Waals surface area contributed by atoms with E-state index in [9.17, 15) is 9.90 Å². The van der Waals surface area contributed by atoms with E-state index in [1.54, 1.807) is 18.2 Å². The van der Waals surface area contributed by atoms with Gasteiger partial charge in [0, 0.05) is 5.57 Å². The van der Waals surface area contributed by atoms with Crippen molar-refractivity contribution in [2.24, 2.45) is 0 Å². The summed E-state index contributed by atoms with van der Waals surface area (Å²) in [6.45, 7) is 0.373. The molecule has 4 rings (SSSR count). The van der Waals surface area contributed by atoms with Crippen LogP contribution in [-0.2, 0) is 9.53 Å². The Balaban J connectivity index is 1.72. The second kappa shape index (κ2) is 7.19. The lowest BCUT2D eigenvalue weighted by Crippen LogP contribution is -1.96. The van der Waals surface area contributed by atoms with Crippen LogP contribution in [0.4, 0.5) is 0 Å². The molecule has 0 saturated carbocycles. The number of hydrogen-bond donors (Lipinski definition) is 1. The van der Waals surface area contributed by atoms with E-state index in [1.807, 2.05) is 24.3 Å². The molecule has 1 N–H and O–H groups in total. The molecule has 0 atom stereocenters. The van der Waals surface area contributed by atoms with Crippen LogP contribution in [-0.4, -0.2) is 38.7 Å². The van der Waals surface area contributed by atoms with Gasteiger partial charge in [-0.25, -0.2) is 4.79 Å². The first-order chi connectivity index (χ1) is 13.6. The summed E-state index contributed by atoms with van der Waals surface area (Å²) in [7, 11) is 2.89. The lowest BCUT2D eigenvalue weighted by atomic mass is 10.0. The van der Waals surface area contributed by atoms with Gasteiger partial charge in [-0.2, -0.15) is 0 Å². The number of phenolic OH excluding ortho intramolecular Hbond substituents is 1. The molecule has 1 saturated heterocycles. The van der Waals surface area contributed by atoms with Crippen molar-refractivity contribution in [2.75, 3.05) is 27.6 Å². The zero-order chi connectivity index (χ0) is 19.7. The number of benzene rings is 2. The molecule has 0 spiro atoms. The summed E-state index contributed by atoms with van der Waals surface area (Å²) in [5.74, 6) is 1.34. The summed E-state index contributed by atoms with van der Waals surface area (Å²) in [5, 5.41) is 10.1. The van der Waals surface area contributed by atoms with Crippen LogP contribution in [0.5, 0.6) is 28.7 Å². The van der Waals surface area contributed by atoms with Crippen molar-refractivity contribution in [3.63, 3.8) is 0 Å². The first kappa shape index (κ1) is 17.8. The maximum atomic E-state index is 12.3. The van der Waals surface area contributed by atoms with Gasteiger partial charge in [0.25, 0.3) is 0 Å². The van der Waals surface area contributed by atoms with Crippen molar-refractivity contribution in [3.8, 4) is 28.7 Å². The maximum Gasteiger partial charge on any atom is 0.338 e. The van der Waals surface area contributed by atoms with E-state index in [2.05, 4.69) is 0 Å². The number of rotatable bonds is 4. The molecule has 1 fully saturated rings. The highest BCUT2D eigenvalue weighted by molar-refractivity contribution is 6.02. The number of esters is 1. The van der Waals surface area contributed by atoms with Crippen LogP contribution in [0, 0.1) is 0 Å². The summed E-state index contributed by atoms with van der Waals surface area (Å²) in [6.07, 6.45) is 3.55. The molecule has 2 heterocycles. The Kier molecular flexibility index (Phi) is 4.57. The molecule has 144 valence electrons. The number of cyclic esters (lactones) is 1. The Morgan fingerprint density at radius 3 is 2.36 bits per heavy atom. The number of phenols is 1. The molecular weight excluding hydrogens is 364 g/mol. The SMILES string of the molecule is COc1cc(/C=C2\C(=O)OC\C2=C\c2ccc3c(c2)OCO3)cc(OC)c1O. The highest BCUT2D eigenvalue weighted by atomic mass is 16.7. The zero-order valence-corrected chi connectivity index (χ0v) is 15.4. The van der Waals surface area contributed by atoms with E-state index < -0.39 is 5.97 Å². The van der Waals surface area contributed by atoms with Crippen LogP contribution in [0.2, 0.25) is 0 Å². The fourth-order valence-electron chi connectivity index (χ4n) is 3.07. The molecule has 0 bridgehead atoms. The molecule has 2 aromatic carbocycles. The minimum Gasteiger partial charge on any atom is -0.502 e. The van der Waals surface area contributed by atoms with E-state index in [1.165, 1.54) is 14.2 Å². The van der Waals surface area contributed by atoms with E-state index in [4.69, 9.17) is 23.7 Å². The van der Waals surface area contributed by atoms with Crippen molar-refractivity contribution in [1.29, 1.82) is 0 Å². The number of fused-ring (bicyclic) bond motifs is 1. The highest BCUT2D eigenvalue weighted by Crippen LogP contribution is 2.39. The Morgan fingerprint density at radius 2 is 1.64 bits per heavy atom. The Morgan fingerprint density at radius 1 is 0.929 bits per heavy atom. The fourth-order valence-corrected chi connectivity index (χ4v) is 3.07. The molecule has 0 amide bonds. The van der Waals surface area contributed by atoms with Gasteiger partial charge in [0.05, 0.1) is 19.8 Å². The topological polar surface area (TPSA) is 83.5 Å². The van der Waals surface area contributed by atoms with Crippen LogP contribution in [0.3, 0.4) is 0 Å². The van der Waals surface area contributed by atoms with Crippen molar-refractivity contribution >= 4 is 18.1 Å². The van der Waals surface area contributed by atoms with Crippen LogP contribution >= 0.6 is 0 Å². The van der Waals surface area contributed by atoms with Gasteiger partial charge < -0.3 is 28.8 Å². The van der Waals surface area contributed by atoms with Crippen molar-refractivity contribution in [2.45, 2.75) is 0 Å². The molecule has 28 heavy (non-hydrogen) atoms. The van der Waals surface area contributed by atoms with Crippen LogP contribution in [0.1, 0.15) is 11.1 Å². The van der Waals surface area contributed by atoms with Gasteiger partial charge in [0.2, 0.25) is 12.5 Å². The fraction of sp³-hybridized carbons (Fsp3) is 0.190. The molecule has 7 heteroatoms. The molecule has 7 nitrogen and oxygen atoms in total. The second-order valence-corrected chi connectivity index (χ2v) is 6.19. The smallest absolute Gasteiger partial charge is 0.338 e. The van der Waals surface area contributed by atoms with Gasteiger partial charge in [-0.05, 0) is 47.5 Å². The maximum absolute atomic E-state index is 12.3. The van der Waals surface area contributed by atoms with Gasteiger partial charge in [0.1, 0.15) is 6.61 Å². The predicted molar refractivity (Wildman–Crippen MR) is 101 cm³/mol. The van der Waals surface area contributed by atoms with Crippen molar-refractivity contribution in [1.82, 2.24) is 0 Å². The standard InChI is InChI=1S/C21H18O7/c1-24-18-8-13(9-19(25-2)20(18)22)6-15-14(10-26-21(15)23)5-12-3-4-16-17(7-12)28-11-27-16/h3-9,22H,10-11H2,1-2H3/b14-5-,15-6-. The summed E-state index contributed by atoms with van der Waals surface area (Å²) in [4.78, 5) is 12.3. The van der Waals surface area contributed by atoms with Crippen molar-refractivity contribution < 1.29 is 33.6 Å². The minimum atomic E-state index is -0.419. The van der Waals surface area contributed by atoms with Gasteiger partial charge in [0.15, 0.2) is 23.0 Å². The lowest BCUT2D eigenvalue weighted by Gasteiger charge is -2.09. The third kappa shape index (κ3) is 3.22. The summed E-state index contributed by atoms with van der Waals surface area (Å²) < 4.78 is 26.3. The van der Waals surface area contributed by atoms with Gasteiger partial charge in [-0.15, -0.1) is 0 Å². The molecule has 0 aliphatic carbocycles. The molecule has 2 aliphatic heterocycles. The van der Waals surface area contributed by atoms with Gasteiger partial charge in [-0.3, -0.25) is 0 Å². The van der Waals surface area contributed by atoms with Crippen molar-refractivity contribution in [3.05, 3.63) is 52.6 Å². The number of ether oxygens (including phenoxy) is 5. The molecular formula is C21H18O7. The van der Waals surface area contributed by atoms with Gasteiger partial charge in [-0.1, -0.05) is 6.07 Å². The lowest BCUT2D eigenvalue weighted by molar-refractivity contribution is -0.134. The van der Waals surface area contributed by atoms with Gasteiger partial charge >= 0.3 is 5.97 Å². The number of carbonyl (C=O) groups excluding carboxylic acids is 1. The Bertz CT molecular complexity index is 979. The summed E-state index contributed by atoms with van der Waals surface area (Å²) in [5.41, 5.74) is 2.66. The molecule has 2 aliphatic rings. The minimum absolute atomic E-state index is 0.0997. The third-order valence-corrected chi connectivity index (χ3v) is 4.48. The summed E-state index contributed by atoms with van der Waals surface area (Å²) >= 11 is 0. The first-order valence-electron chi connectivity index (χ1n) is 8.53. The third-order valence-electron chi connectivity index (χ3n) is 4.48. The first-order valence-corrected chi connectivity index (χ1v) is 8.53. The predicted octanol–water partition coefficient (Wildman–Crippen LogP) is 3.16. The second-order valence-electron chi connectivity index (χ2n) is 6.19. The number of hydrogen-bond acceptors (Lipinski definition) is 7. The Labute approximate surface area is 161 Å². The quantitative estimate of drug-likeness (QED) is 0.642. The van der Waals surface area contributed by atoms with Crippen LogP contribution < -0.4 is 18.9 Å². The molecule has 2 aromatic rings. The molecule has 0 aromatic heterocycles. The Hall–Kier alpha value is -3.61. The van der Waals surface area contributed by atoms with E-state index in [-0.39, 0.29) is 30.6 Å². The average molecular weight is 382 g/mol. The summed E-state index contributed by atoms with van der Waals surface area (Å²) in [6, 6.07) is 8.80. The highest BCUT2D eigenvalue weighted by Gasteiger charge is 2.25. The molecule has 0 unspecified atom stereocenters. The van der Waals surface area contributed by atoms with E-state index >= 15 is 0 Å². The van der Waals surface area contributed by atoms with E-state index in [0.717, 1.165) is 11.1 Å². The number of methoxy groups -OCH3 is 2. The zero-order valence-electron chi connectivity index (χ0n) is 15.4. The number of carbonyl (C=O) groups is 1.